The molecule has 0 aliphatic carbocycles. The summed E-state index contributed by atoms with van der Waals surface area (Å²) in [6.45, 7) is 0.488. The van der Waals surface area contributed by atoms with Crippen LogP contribution in [0.4, 0.5) is 21.7 Å². The minimum atomic E-state index is -0.256. The van der Waals surface area contributed by atoms with Gasteiger partial charge in [0.15, 0.2) is 0 Å². The molecule has 0 atom stereocenters. The number of hydrogen-bond acceptors (Lipinski definition) is 7. The maximum absolute atomic E-state index is 13.5. The van der Waals surface area contributed by atoms with Gasteiger partial charge in [0.05, 0.1) is 30.0 Å². The van der Waals surface area contributed by atoms with Crippen LogP contribution >= 0.6 is 0 Å². The Balaban J connectivity index is 1.61. The molecule has 152 valence electrons. The fraction of sp³-hybridized carbons (Fsp3) is 0.143. The molecule has 2 aromatic heterocycles. The van der Waals surface area contributed by atoms with Crippen LogP contribution in [0.1, 0.15) is 11.1 Å². The normalized spacial score (nSPS) is 11.3. The summed E-state index contributed by atoms with van der Waals surface area (Å²) in [4.78, 5) is 8.33. The Hall–Kier alpha value is -4.01. The summed E-state index contributed by atoms with van der Waals surface area (Å²) in [6.07, 6.45) is 4.80. The number of benzene rings is 2. The van der Waals surface area contributed by atoms with E-state index in [0.717, 1.165) is 22.2 Å². The van der Waals surface area contributed by atoms with Gasteiger partial charge in [0.2, 0.25) is 0 Å². The van der Waals surface area contributed by atoms with Crippen LogP contribution in [0.3, 0.4) is 0 Å². The first kappa shape index (κ1) is 19.3. The van der Waals surface area contributed by atoms with Gasteiger partial charge in [0, 0.05) is 25.2 Å². The second kappa shape index (κ2) is 8.16. The summed E-state index contributed by atoms with van der Waals surface area (Å²) in [6, 6.07) is 12.4. The van der Waals surface area contributed by atoms with E-state index in [4.69, 9.17) is 5.73 Å². The predicted octanol–water partition coefficient (Wildman–Crippen LogP) is 3.24. The van der Waals surface area contributed by atoms with Crippen LogP contribution in [0.5, 0.6) is 0 Å². The van der Waals surface area contributed by atoms with Crippen LogP contribution in [0, 0.1) is 5.82 Å². The zero-order valence-electron chi connectivity index (χ0n) is 16.6. The predicted molar refractivity (Wildman–Crippen MR) is 116 cm³/mol. The number of fused-ring (bicyclic) bond motifs is 1. The van der Waals surface area contributed by atoms with Crippen LogP contribution in [-0.4, -0.2) is 45.1 Å². The number of nitrogens with one attached hydrogen (secondary N) is 1. The molecule has 30 heavy (non-hydrogen) atoms. The van der Waals surface area contributed by atoms with Gasteiger partial charge in [-0.1, -0.05) is 12.1 Å². The average molecular weight is 404 g/mol. The maximum Gasteiger partial charge on any atom is 0.144 e. The van der Waals surface area contributed by atoms with Crippen LogP contribution in [0.2, 0.25) is 0 Å². The van der Waals surface area contributed by atoms with Crippen molar-refractivity contribution in [2.75, 3.05) is 25.1 Å². The lowest BCUT2D eigenvalue weighted by Gasteiger charge is -2.11. The van der Waals surface area contributed by atoms with Gasteiger partial charge in [-0.25, -0.2) is 14.4 Å². The number of hydrazone groups is 1. The zero-order chi connectivity index (χ0) is 21.1. The molecule has 0 amide bonds. The molecule has 8 nitrogen and oxygen atoms in total. The van der Waals surface area contributed by atoms with Crippen molar-refractivity contribution in [1.29, 1.82) is 0 Å². The van der Waals surface area contributed by atoms with Crippen LogP contribution < -0.4 is 11.1 Å². The van der Waals surface area contributed by atoms with Crippen LogP contribution in [-0.2, 0) is 6.54 Å². The quantitative estimate of drug-likeness (QED) is 0.378. The van der Waals surface area contributed by atoms with Gasteiger partial charge in [0.1, 0.15) is 23.8 Å². The smallest absolute Gasteiger partial charge is 0.144 e. The molecular weight excluding hydrogens is 383 g/mol. The van der Waals surface area contributed by atoms with E-state index in [1.54, 1.807) is 23.5 Å². The first-order valence-electron chi connectivity index (χ1n) is 9.28. The molecule has 0 spiro atoms. The minimum absolute atomic E-state index is 0.256. The van der Waals surface area contributed by atoms with Crippen molar-refractivity contribution in [2.45, 2.75) is 6.54 Å². The molecule has 9 heteroatoms. The van der Waals surface area contributed by atoms with Crippen LogP contribution in [0.15, 0.2) is 60.1 Å². The second-order valence-corrected chi connectivity index (χ2v) is 6.94. The fourth-order valence-electron chi connectivity index (χ4n) is 3.05. The molecular formula is C21H21FN8. The number of halogens is 1. The highest BCUT2D eigenvalue weighted by molar-refractivity contribution is 5.93. The van der Waals surface area contributed by atoms with Crippen LogP contribution in [0.25, 0.3) is 10.9 Å². The summed E-state index contributed by atoms with van der Waals surface area (Å²) in [5.74, 6) is 0.634. The number of aromatic nitrogens is 4. The molecule has 4 rings (SSSR count). The van der Waals surface area contributed by atoms with E-state index < -0.39 is 0 Å². The Morgan fingerprint density at radius 2 is 2.07 bits per heavy atom. The summed E-state index contributed by atoms with van der Waals surface area (Å²) in [5, 5.41) is 14.5. The highest BCUT2D eigenvalue weighted by atomic mass is 19.1. The molecule has 0 unspecified atom stereocenters. The Morgan fingerprint density at radius 1 is 1.20 bits per heavy atom. The van der Waals surface area contributed by atoms with Gasteiger partial charge >= 0.3 is 0 Å². The van der Waals surface area contributed by atoms with Gasteiger partial charge in [-0.3, -0.25) is 4.68 Å². The van der Waals surface area contributed by atoms with E-state index >= 15 is 0 Å². The topological polar surface area (TPSA) is 97.2 Å². The van der Waals surface area contributed by atoms with Gasteiger partial charge in [-0.2, -0.15) is 10.2 Å². The molecule has 0 aliphatic rings. The summed E-state index contributed by atoms with van der Waals surface area (Å²) in [5.41, 5.74) is 9.22. The van der Waals surface area contributed by atoms with E-state index in [9.17, 15) is 4.39 Å². The van der Waals surface area contributed by atoms with Crippen molar-refractivity contribution in [3.05, 3.63) is 71.9 Å². The van der Waals surface area contributed by atoms with E-state index in [1.807, 2.05) is 43.0 Å². The fourth-order valence-corrected chi connectivity index (χ4v) is 3.05. The van der Waals surface area contributed by atoms with E-state index in [0.29, 0.717) is 23.7 Å². The molecule has 0 saturated carbocycles. The molecule has 0 bridgehead atoms. The minimum Gasteiger partial charge on any atom is -0.383 e. The number of nitrogens with zero attached hydrogens (tertiary/aromatic N) is 6. The third-order valence-electron chi connectivity index (χ3n) is 4.46. The number of rotatable bonds is 6. The Labute approximate surface area is 172 Å². The molecule has 4 aromatic rings. The van der Waals surface area contributed by atoms with Crippen molar-refractivity contribution >= 4 is 34.4 Å². The highest BCUT2D eigenvalue weighted by Crippen LogP contribution is 2.24. The van der Waals surface area contributed by atoms with Crippen molar-refractivity contribution < 1.29 is 4.39 Å². The zero-order valence-corrected chi connectivity index (χ0v) is 16.6. The van der Waals surface area contributed by atoms with E-state index in [1.165, 1.54) is 18.5 Å². The standard InChI is InChI=1S/C21H21FN8/c1-29(2)26-11-18-20(23)24-13-25-21(18)28-17-6-7-19-15(9-17)10-27-30(19)12-14-4-3-5-16(22)8-14/h3-11,13H,12H2,1-2H3,(H3,23,24,25,28)/b26-11+. The molecule has 0 saturated heterocycles. The second-order valence-electron chi connectivity index (χ2n) is 6.94. The lowest BCUT2D eigenvalue weighted by atomic mass is 10.2. The maximum atomic E-state index is 13.5. The largest absolute Gasteiger partial charge is 0.383 e. The van der Waals surface area contributed by atoms with Gasteiger partial charge in [0.25, 0.3) is 0 Å². The molecule has 2 heterocycles. The number of anilines is 3. The van der Waals surface area contributed by atoms with E-state index in [-0.39, 0.29) is 5.82 Å². The molecule has 0 aliphatic heterocycles. The first-order valence-corrected chi connectivity index (χ1v) is 9.28. The first-order chi connectivity index (χ1) is 14.5. The Bertz CT molecular complexity index is 1210. The highest BCUT2D eigenvalue weighted by Gasteiger charge is 2.10. The average Bonchev–Trinajstić information content (AvgIpc) is 3.09. The van der Waals surface area contributed by atoms with Crippen molar-refractivity contribution in [3.63, 3.8) is 0 Å². The molecule has 3 N–H and O–H groups in total. The molecule has 0 fully saturated rings. The Kier molecular flexibility index (Phi) is 5.25. The lowest BCUT2D eigenvalue weighted by molar-refractivity contribution is 0.440. The number of nitrogens with two attached hydrogens (primary N) is 1. The van der Waals surface area contributed by atoms with Crippen molar-refractivity contribution in [2.24, 2.45) is 5.10 Å². The molecule has 2 aromatic carbocycles. The van der Waals surface area contributed by atoms with Crippen molar-refractivity contribution in [1.82, 2.24) is 24.8 Å². The summed E-state index contributed by atoms with van der Waals surface area (Å²) < 4.78 is 15.3. The Morgan fingerprint density at radius 3 is 2.87 bits per heavy atom. The molecule has 0 radical (unpaired) electrons. The summed E-state index contributed by atoms with van der Waals surface area (Å²) >= 11 is 0. The van der Waals surface area contributed by atoms with Gasteiger partial charge in [-0.05, 0) is 35.9 Å². The van der Waals surface area contributed by atoms with Gasteiger partial charge in [-0.15, -0.1) is 0 Å². The van der Waals surface area contributed by atoms with Crippen molar-refractivity contribution in [3.8, 4) is 0 Å². The monoisotopic (exact) mass is 404 g/mol. The number of nitrogen functional groups attached to an aromatic ring is 1. The third kappa shape index (κ3) is 4.19. The summed E-state index contributed by atoms with van der Waals surface area (Å²) in [7, 11) is 3.64. The lowest BCUT2D eigenvalue weighted by Crippen LogP contribution is -2.07. The number of hydrogen-bond donors (Lipinski definition) is 2. The third-order valence-corrected chi connectivity index (χ3v) is 4.46. The van der Waals surface area contributed by atoms with Gasteiger partial charge < -0.3 is 16.1 Å². The SMILES string of the molecule is CN(C)/N=C/c1c(N)ncnc1Nc1ccc2c(cnn2Cc2cccc(F)c2)c1. The van der Waals surface area contributed by atoms with E-state index in [2.05, 4.69) is 25.5 Å².